The van der Waals surface area contributed by atoms with Crippen LogP contribution in [0.5, 0.6) is 0 Å². The summed E-state index contributed by atoms with van der Waals surface area (Å²) in [4.78, 5) is 31.8. The highest BCUT2D eigenvalue weighted by atomic mass is 35.5. The minimum absolute atomic E-state index is 0.0143. The summed E-state index contributed by atoms with van der Waals surface area (Å²) in [6.45, 7) is 0.135. The number of nitrogen functional groups attached to an aromatic ring is 1. The van der Waals surface area contributed by atoms with Crippen LogP contribution < -0.4 is 11.1 Å². The molecule has 0 spiro atoms. The standard InChI is InChI=1S/C22H21ClFN5O2/c23-15-3-1-2-12(20(15)24)10-27-22(31)18-9-13-8-17(13)29(18)19(30)11-28-7-5-14-16(28)4-6-26-21(14)25/h1-7,13,17-18H,8-11H2,(H2,25,26)(H,27,31)/t13-,17?,18+/m1/s1. The molecule has 0 bridgehead atoms. The lowest BCUT2D eigenvalue weighted by molar-refractivity contribution is -0.140. The summed E-state index contributed by atoms with van der Waals surface area (Å²) < 4.78 is 15.9. The van der Waals surface area contributed by atoms with Crippen molar-refractivity contribution in [3.8, 4) is 0 Å². The molecule has 7 nitrogen and oxygen atoms in total. The SMILES string of the molecule is Nc1nccc2c1ccn2CC(=O)N1C2C[C@@H]2C[C@H]1C(=O)NCc1cccc(Cl)c1F. The first-order chi connectivity index (χ1) is 14.9. The van der Waals surface area contributed by atoms with Gasteiger partial charge in [0, 0.05) is 35.9 Å². The molecule has 160 valence electrons. The maximum absolute atomic E-state index is 14.1. The van der Waals surface area contributed by atoms with Crippen molar-refractivity contribution in [3.05, 3.63) is 59.1 Å². The Morgan fingerprint density at radius 1 is 1.26 bits per heavy atom. The molecule has 3 aromatic rings. The highest BCUT2D eigenvalue weighted by Crippen LogP contribution is 2.48. The molecule has 1 aromatic carbocycles. The van der Waals surface area contributed by atoms with Crippen molar-refractivity contribution in [2.75, 3.05) is 5.73 Å². The number of aromatic nitrogens is 2. The second-order valence-electron chi connectivity index (χ2n) is 8.12. The summed E-state index contributed by atoms with van der Waals surface area (Å²) in [7, 11) is 0. The molecule has 9 heteroatoms. The van der Waals surface area contributed by atoms with Crippen molar-refractivity contribution in [1.82, 2.24) is 19.8 Å². The highest BCUT2D eigenvalue weighted by molar-refractivity contribution is 6.30. The minimum atomic E-state index is -0.549. The highest BCUT2D eigenvalue weighted by Gasteiger charge is 2.55. The van der Waals surface area contributed by atoms with Crippen LogP contribution >= 0.6 is 11.6 Å². The monoisotopic (exact) mass is 441 g/mol. The third kappa shape index (κ3) is 3.50. The molecule has 3 N–H and O–H groups in total. The van der Waals surface area contributed by atoms with Gasteiger partial charge < -0.3 is 20.5 Å². The van der Waals surface area contributed by atoms with E-state index in [1.54, 1.807) is 29.4 Å². The van der Waals surface area contributed by atoms with Crippen LogP contribution in [0, 0.1) is 11.7 Å². The molecule has 2 aliphatic rings. The second-order valence-corrected chi connectivity index (χ2v) is 8.53. The van der Waals surface area contributed by atoms with Crippen molar-refractivity contribution >= 4 is 40.1 Å². The lowest BCUT2D eigenvalue weighted by atomic mass is 10.1. The largest absolute Gasteiger partial charge is 0.383 e. The first-order valence-corrected chi connectivity index (χ1v) is 10.5. The molecule has 2 fully saturated rings. The molecule has 5 rings (SSSR count). The van der Waals surface area contributed by atoms with E-state index in [1.807, 2.05) is 16.7 Å². The quantitative estimate of drug-likeness (QED) is 0.636. The van der Waals surface area contributed by atoms with Crippen LogP contribution in [0.15, 0.2) is 42.7 Å². The lowest BCUT2D eigenvalue weighted by Crippen LogP contribution is -2.48. The van der Waals surface area contributed by atoms with Gasteiger partial charge in [-0.15, -0.1) is 0 Å². The Labute approximate surface area is 183 Å². The van der Waals surface area contributed by atoms with Gasteiger partial charge in [-0.2, -0.15) is 0 Å². The third-order valence-electron chi connectivity index (χ3n) is 6.21. The van der Waals surface area contributed by atoms with Gasteiger partial charge in [-0.25, -0.2) is 9.37 Å². The zero-order chi connectivity index (χ0) is 21.7. The maximum Gasteiger partial charge on any atom is 0.243 e. The van der Waals surface area contributed by atoms with E-state index in [4.69, 9.17) is 17.3 Å². The smallest absolute Gasteiger partial charge is 0.243 e. The number of benzene rings is 1. The second kappa shape index (κ2) is 7.53. The number of anilines is 1. The molecule has 3 atom stereocenters. The average Bonchev–Trinajstić information content (AvgIpc) is 3.21. The third-order valence-corrected chi connectivity index (χ3v) is 6.51. The predicted molar refractivity (Wildman–Crippen MR) is 115 cm³/mol. The Kier molecular flexibility index (Phi) is 4.81. The number of carbonyl (C=O) groups excluding carboxylic acids is 2. The number of hydrogen-bond donors (Lipinski definition) is 2. The van der Waals surface area contributed by atoms with Gasteiger partial charge in [0.05, 0.1) is 10.5 Å². The van der Waals surface area contributed by atoms with Crippen LogP contribution in [0.3, 0.4) is 0 Å². The number of piperidine rings is 1. The van der Waals surface area contributed by atoms with Crippen molar-refractivity contribution < 1.29 is 14.0 Å². The van der Waals surface area contributed by atoms with Gasteiger partial charge in [0.1, 0.15) is 24.2 Å². The Morgan fingerprint density at radius 2 is 2.10 bits per heavy atom. The molecule has 1 saturated carbocycles. The van der Waals surface area contributed by atoms with Crippen LogP contribution in [-0.2, 0) is 22.7 Å². The van der Waals surface area contributed by atoms with Crippen molar-refractivity contribution in [2.45, 2.75) is 38.0 Å². The number of nitrogens with two attached hydrogens (primary N) is 1. The van der Waals surface area contributed by atoms with Crippen molar-refractivity contribution in [2.24, 2.45) is 5.92 Å². The van der Waals surface area contributed by atoms with Gasteiger partial charge in [0.15, 0.2) is 0 Å². The number of hydrogen-bond acceptors (Lipinski definition) is 4. The van der Waals surface area contributed by atoms with Crippen LogP contribution in [-0.4, -0.2) is 38.3 Å². The van der Waals surface area contributed by atoms with E-state index in [0.29, 0.717) is 23.7 Å². The summed E-state index contributed by atoms with van der Waals surface area (Å²) in [6, 6.07) is 7.87. The summed E-state index contributed by atoms with van der Waals surface area (Å²) in [5.74, 6) is -0.167. The lowest BCUT2D eigenvalue weighted by Gasteiger charge is -2.27. The fourth-order valence-corrected chi connectivity index (χ4v) is 4.74. The molecule has 2 amide bonds. The van der Waals surface area contributed by atoms with E-state index < -0.39 is 11.9 Å². The number of fused-ring (bicyclic) bond motifs is 2. The van der Waals surface area contributed by atoms with Gasteiger partial charge >= 0.3 is 0 Å². The number of likely N-dealkylation sites (tertiary alicyclic amines) is 1. The average molecular weight is 442 g/mol. The van der Waals surface area contributed by atoms with Gasteiger partial charge in [-0.05, 0) is 37.0 Å². The first-order valence-electron chi connectivity index (χ1n) is 10.1. The molecule has 0 radical (unpaired) electrons. The van der Waals surface area contributed by atoms with Crippen molar-refractivity contribution in [1.29, 1.82) is 0 Å². The minimum Gasteiger partial charge on any atom is -0.383 e. The molecule has 1 saturated heterocycles. The predicted octanol–water partition coefficient (Wildman–Crippen LogP) is 2.72. The van der Waals surface area contributed by atoms with Crippen LogP contribution in [0.2, 0.25) is 5.02 Å². The Balaban J connectivity index is 1.30. The summed E-state index contributed by atoms with van der Waals surface area (Å²) in [5, 5.41) is 3.57. The number of carbonyl (C=O) groups is 2. The fraction of sp³-hybridized carbons (Fsp3) is 0.318. The van der Waals surface area contributed by atoms with Crippen LogP contribution in [0.25, 0.3) is 10.9 Å². The molecule has 1 aliphatic heterocycles. The number of nitrogens with zero attached hydrogens (tertiary/aromatic N) is 3. The van der Waals surface area contributed by atoms with Gasteiger partial charge in [0.2, 0.25) is 11.8 Å². The molecule has 2 aromatic heterocycles. The summed E-state index contributed by atoms with van der Waals surface area (Å²) in [6.07, 6.45) is 4.96. The van der Waals surface area contributed by atoms with E-state index in [9.17, 15) is 14.0 Å². The van der Waals surface area contributed by atoms with Crippen molar-refractivity contribution in [3.63, 3.8) is 0 Å². The Morgan fingerprint density at radius 3 is 2.94 bits per heavy atom. The first kappa shape index (κ1) is 19.8. The topological polar surface area (TPSA) is 93.2 Å². The fourth-order valence-electron chi connectivity index (χ4n) is 4.54. The molecular weight excluding hydrogens is 421 g/mol. The molecule has 3 heterocycles. The Bertz CT molecular complexity index is 1200. The van der Waals surface area contributed by atoms with Crippen LogP contribution in [0.1, 0.15) is 18.4 Å². The molecular formula is C22H21ClFN5O2. The molecule has 1 unspecified atom stereocenters. The zero-order valence-electron chi connectivity index (χ0n) is 16.6. The number of halogens is 2. The van der Waals surface area contributed by atoms with Crippen LogP contribution in [0.4, 0.5) is 10.2 Å². The Hall–Kier alpha value is -3.13. The zero-order valence-corrected chi connectivity index (χ0v) is 17.3. The van der Waals surface area contributed by atoms with E-state index in [2.05, 4.69) is 10.3 Å². The number of amides is 2. The normalized spacial score (nSPS) is 21.9. The van der Waals surface area contributed by atoms with Gasteiger partial charge in [-0.1, -0.05) is 23.7 Å². The van der Waals surface area contributed by atoms with E-state index in [-0.39, 0.29) is 36.0 Å². The summed E-state index contributed by atoms with van der Waals surface area (Å²) >= 11 is 5.81. The molecule has 1 aliphatic carbocycles. The maximum atomic E-state index is 14.1. The molecule has 31 heavy (non-hydrogen) atoms. The summed E-state index contributed by atoms with van der Waals surface area (Å²) in [5.41, 5.74) is 7.04. The van der Waals surface area contributed by atoms with Gasteiger partial charge in [0.25, 0.3) is 0 Å². The number of pyridine rings is 1. The van der Waals surface area contributed by atoms with E-state index in [0.717, 1.165) is 17.3 Å². The number of nitrogens with one attached hydrogen (secondary N) is 1. The van der Waals surface area contributed by atoms with E-state index in [1.165, 1.54) is 6.07 Å². The van der Waals surface area contributed by atoms with Gasteiger partial charge in [-0.3, -0.25) is 9.59 Å². The van der Waals surface area contributed by atoms with E-state index >= 15 is 0 Å². The number of rotatable bonds is 5.